The van der Waals surface area contributed by atoms with Crippen molar-refractivity contribution >= 4 is 17.3 Å². The highest BCUT2D eigenvalue weighted by Gasteiger charge is 2.19. The standard InChI is InChI=1S/C10H10N2O2S/c1-6-11-8(10(13)14)9(12(6)2)7-4-3-5-15-7/h3-5H,1-2H3,(H,13,14). The molecule has 0 saturated carbocycles. The number of aromatic nitrogens is 2. The number of imidazole rings is 1. The van der Waals surface area contributed by atoms with E-state index in [4.69, 9.17) is 5.11 Å². The van der Waals surface area contributed by atoms with Gasteiger partial charge in [0.1, 0.15) is 5.82 Å². The van der Waals surface area contributed by atoms with Crippen LogP contribution in [0.15, 0.2) is 17.5 Å². The Kier molecular flexibility index (Phi) is 2.32. The minimum absolute atomic E-state index is 0.123. The van der Waals surface area contributed by atoms with Crippen molar-refractivity contribution in [2.24, 2.45) is 7.05 Å². The Morgan fingerprint density at radius 3 is 2.87 bits per heavy atom. The number of carboxylic acids is 1. The topological polar surface area (TPSA) is 55.1 Å². The molecule has 0 bridgehead atoms. The van der Waals surface area contributed by atoms with Crippen LogP contribution in [0, 0.1) is 6.92 Å². The maximum Gasteiger partial charge on any atom is 0.356 e. The van der Waals surface area contributed by atoms with E-state index < -0.39 is 5.97 Å². The average Bonchev–Trinajstić information content (AvgIpc) is 2.76. The fourth-order valence-corrected chi connectivity index (χ4v) is 2.26. The van der Waals surface area contributed by atoms with E-state index in [9.17, 15) is 4.79 Å². The Hall–Kier alpha value is -1.62. The number of hydrogen-bond acceptors (Lipinski definition) is 3. The van der Waals surface area contributed by atoms with Gasteiger partial charge in [-0.1, -0.05) is 6.07 Å². The first-order valence-corrected chi connectivity index (χ1v) is 5.29. The highest BCUT2D eigenvalue weighted by Crippen LogP contribution is 2.28. The molecule has 0 aliphatic rings. The molecule has 2 aromatic heterocycles. The summed E-state index contributed by atoms with van der Waals surface area (Å²) < 4.78 is 1.80. The molecule has 0 fully saturated rings. The van der Waals surface area contributed by atoms with Crippen molar-refractivity contribution in [1.29, 1.82) is 0 Å². The van der Waals surface area contributed by atoms with Gasteiger partial charge in [0.15, 0.2) is 5.69 Å². The van der Waals surface area contributed by atoms with Crippen LogP contribution in [0.3, 0.4) is 0 Å². The van der Waals surface area contributed by atoms with Gasteiger partial charge in [-0.3, -0.25) is 0 Å². The monoisotopic (exact) mass is 222 g/mol. The molecule has 0 saturated heterocycles. The molecule has 0 aliphatic heterocycles. The number of hydrogen-bond donors (Lipinski definition) is 1. The van der Waals surface area contributed by atoms with Gasteiger partial charge in [0, 0.05) is 7.05 Å². The van der Waals surface area contributed by atoms with Crippen LogP contribution in [0.2, 0.25) is 0 Å². The Balaban J connectivity index is 2.68. The third-order valence-electron chi connectivity index (χ3n) is 2.28. The number of aromatic carboxylic acids is 1. The maximum atomic E-state index is 11.0. The third-order valence-corrected chi connectivity index (χ3v) is 3.15. The number of thiophene rings is 1. The molecule has 2 rings (SSSR count). The first-order valence-electron chi connectivity index (χ1n) is 4.41. The minimum Gasteiger partial charge on any atom is -0.476 e. The second-order valence-corrected chi connectivity index (χ2v) is 4.15. The van der Waals surface area contributed by atoms with Crippen LogP contribution in [0.5, 0.6) is 0 Å². The van der Waals surface area contributed by atoms with E-state index in [1.807, 2.05) is 24.6 Å². The third kappa shape index (κ3) is 1.55. The largest absolute Gasteiger partial charge is 0.476 e. The second kappa shape index (κ2) is 3.51. The van der Waals surface area contributed by atoms with Crippen molar-refractivity contribution in [1.82, 2.24) is 9.55 Å². The zero-order valence-electron chi connectivity index (χ0n) is 8.39. The van der Waals surface area contributed by atoms with Crippen LogP contribution in [0.4, 0.5) is 0 Å². The highest BCUT2D eigenvalue weighted by molar-refractivity contribution is 7.13. The van der Waals surface area contributed by atoms with Gasteiger partial charge >= 0.3 is 5.97 Å². The van der Waals surface area contributed by atoms with Gasteiger partial charge in [0.25, 0.3) is 0 Å². The molecule has 0 radical (unpaired) electrons. The van der Waals surface area contributed by atoms with Gasteiger partial charge in [0.05, 0.1) is 10.6 Å². The van der Waals surface area contributed by atoms with E-state index in [1.165, 1.54) is 11.3 Å². The summed E-state index contributed by atoms with van der Waals surface area (Å²) in [7, 11) is 1.82. The Bertz CT molecular complexity index is 500. The molecule has 0 spiro atoms. The van der Waals surface area contributed by atoms with Crippen LogP contribution in [-0.4, -0.2) is 20.6 Å². The average molecular weight is 222 g/mol. The lowest BCUT2D eigenvalue weighted by Crippen LogP contribution is -2.00. The Morgan fingerprint density at radius 2 is 2.33 bits per heavy atom. The molecule has 1 N–H and O–H groups in total. The summed E-state index contributed by atoms with van der Waals surface area (Å²) in [4.78, 5) is 16.0. The van der Waals surface area contributed by atoms with Crippen molar-refractivity contribution in [3.8, 4) is 10.6 Å². The van der Waals surface area contributed by atoms with E-state index >= 15 is 0 Å². The highest BCUT2D eigenvalue weighted by atomic mass is 32.1. The van der Waals surface area contributed by atoms with Gasteiger partial charge in [-0.15, -0.1) is 11.3 Å². The zero-order valence-corrected chi connectivity index (χ0v) is 9.21. The molecule has 0 unspecified atom stereocenters. The molecular formula is C10H10N2O2S. The van der Waals surface area contributed by atoms with Crippen LogP contribution in [-0.2, 0) is 7.05 Å². The van der Waals surface area contributed by atoms with E-state index in [0.717, 1.165) is 4.88 Å². The summed E-state index contributed by atoms with van der Waals surface area (Å²) in [5.74, 6) is -0.280. The van der Waals surface area contributed by atoms with Crippen molar-refractivity contribution in [3.63, 3.8) is 0 Å². The summed E-state index contributed by atoms with van der Waals surface area (Å²) in [5.41, 5.74) is 0.799. The van der Waals surface area contributed by atoms with E-state index in [0.29, 0.717) is 11.5 Å². The second-order valence-electron chi connectivity index (χ2n) is 3.20. The molecular weight excluding hydrogens is 212 g/mol. The quantitative estimate of drug-likeness (QED) is 0.847. The fraction of sp³-hybridized carbons (Fsp3) is 0.200. The molecule has 15 heavy (non-hydrogen) atoms. The zero-order chi connectivity index (χ0) is 11.0. The number of carbonyl (C=O) groups is 1. The van der Waals surface area contributed by atoms with Crippen molar-refractivity contribution < 1.29 is 9.90 Å². The molecule has 0 aliphatic carbocycles. The van der Waals surface area contributed by atoms with Gasteiger partial charge in [-0.2, -0.15) is 0 Å². The van der Waals surface area contributed by atoms with Crippen molar-refractivity contribution in [3.05, 3.63) is 29.0 Å². The fourth-order valence-electron chi connectivity index (χ4n) is 1.45. The predicted octanol–water partition coefficient (Wildman–Crippen LogP) is 2.16. The lowest BCUT2D eigenvalue weighted by molar-refractivity contribution is 0.0692. The summed E-state index contributed by atoms with van der Waals surface area (Å²) in [6.07, 6.45) is 0. The van der Waals surface area contributed by atoms with E-state index in [-0.39, 0.29) is 5.69 Å². The number of carboxylic acid groups (broad SMARTS) is 1. The summed E-state index contributed by atoms with van der Waals surface area (Å²) in [6, 6.07) is 3.79. The molecule has 0 amide bonds. The molecule has 78 valence electrons. The van der Waals surface area contributed by atoms with Crippen LogP contribution in [0.1, 0.15) is 16.3 Å². The van der Waals surface area contributed by atoms with Crippen LogP contribution in [0.25, 0.3) is 10.6 Å². The normalized spacial score (nSPS) is 10.5. The molecule has 0 aromatic carbocycles. The van der Waals surface area contributed by atoms with Gasteiger partial charge in [0.2, 0.25) is 0 Å². The van der Waals surface area contributed by atoms with Gasteiger partial charge in [-0.05, 0) is 18.4 Å². The lowest BCUT2D eigenvalue weighted by Gasteiger charge is -2.01. The predicted molar refractivity (Wildman–Crippen MR) is 58.2 cm³/mol. The summed E-state index contributed by atoms with van der Waals surface area (Å²) in [5, 5.41) is 11.0. The van der Waals surface area contributed by atoms with Crippen LogP contribution < -0.4 is 0 Å². The van der Waals surface area contributed by atoms with E-state index in [1.54, 1.807) is 11.5 Å². The number of nitrogens with zero attached hydrogens (tertiary/aromatic N) is 2. The Labute approximate surface area is 90.8 Å². The minimum atomic E-state index is -0.984. The Morgan fingerprint density at radius 1 is 1.60 bits per heavy atom. The first kappa shape index (κ1) is 9.92. The van der Waals surface area contributed by atoms with E-state index in [2.05, 4.69) is 4.98 Å². The maximum absolute atomic E-state index is 11.0. The molecule has 5 heteroatoms. The molecule has 0 atom stereocenters. The number of rotatable bonds is 2. The summed E-state index contributed by atoms with van der Waals surface area (Å²) >= 11 is 1.51. The SMILES string of the molecule is Cc1nc(C(=O)O)c(-c2cccs2)n1C. The van der Waals surface area contributed by atoms with Crippen LogP contribution >= 0.6 is 11.3 Å². The summed E-state index contributed by atoms with van der Waals surface area (Å²) in [6.45, 7) is 1.80. The molecule has 2 heterocycles. The number of aryl methyl sites for hydroxylation is 1. The lowest BCUT2D eigenvalue weighted by atomic mass is 10.3. The van der Waals surface area contributed by atoms with Crippen molar-refractivity contribution in [2.75, 3.05) is 0 Å². The van der Waals surface area contributed by atoms with Crippen molar-refractivity contribution in [2.45, 2.75) is 6.92 Å². The smallest absolute Gasteiger partial charge is 0.356 e. The van der Waals surface area contributed by atoms with Gasteiger partial charge < -0.3 is 9.67 Å². The molecule has 4 nitrogen and oxygen atoms in total. The first-order chi connectivity index (χ1) is 7.11. The van der Waals surface area contributed by atoms with Gasteiger partial charge in [-0.25, -0.2) is 9.78 Å². The molecule has 2 aromatic rings.